The molecule has 0 aliphatic heterocycles. The van der Waals surface area contributed by atoms with Crippen molar-refractivity contribution >= 4 is 11.6 Å². The van der Waals surface area contributed by atoms with Gasteiger partial charge in [0.1, 0.15) is 17.4 Å². The maximum atomic E-state index is 13.5. The van der Waals surface area contributed by atoms with Crippen molar-refractivity contribution < 1.29 is 18.7 Å². The highest BCUT2D eigenvalue weighted by molar-refractivity contribution is 6.06. The van der Waals surface area contributed by atoms with Crippen LogP contribution in [0.3, 0.4) is 0 Å². The Morgan fingerprint density at radius 3 is 2.60 bits per heavy atom. The number of carbonyl (C=O) groups excluding carboxylic acids is 1. The van der Waals surface area contributed by atoms with E-state index in [0.29, 0.717) is 12.5 Å². The largest absolute Gasteiger partial charge is 0.507 e. The zero-order chi connectivity index (χ0) is 14.7. The third-order valence-corrected chi connectivity index (χ3v) is 2.89. The Morgan fingerprint density at radius 1 is 1.20 bits per heavy atom. The highest BCUT2D eigenvalue weighted by Crippen LogP contribution is 2.22. The van der Waals surface area contributed by atoms with Crippen LogP contribution in [0.15, 0.2) is 36.4 Å². The Morgan fingerprint density at radius 2 is 1.95 bits per heavy atom. The molecule has 20 heavy (non-hydrogen) atoms. The number of halogens is 2. The van der Waals surface area contributed by atoms with Crippen LogP contribution >= 0.6 is 0 Å². The number of anilines is 1. The zero-order valence-electron chi connectivity index (χ0n) is 10.8. The van der Waals surface area contributed by atoms with Gasteiger partial charge in [0, 0.05) is 6.07 Å². The van der Waals surface area contributed by atoms with Crippen molar-refractivity contribution in [1.29, 1.82) is 0 Å². The molecule has 104 valence electrons. The van der Waals surface area contributed by atoms with E-state index in [9.17, 15) is 18.7 Å². The molecular weight excluding hydrogens is 264 g/mol. The monoisotopic (exact) mass is 277 g/mol. The summed E-state index contributed by atoms with van der Waals surface area (Å²) in [7, 11) is 0. The first-order valence-corrected chi connectivity index (χ1v) is 6.09. The SMILES string of the molecule is CCc1ccc(O)c(C(=O)Nc2ccc(F)cc2F)c1. The summed E-state index contributed by atoms with van der Waals surface area (Å²) < 4.78 is 26.2. The fourth-order valence-electron chi connectivity index (χ4n) is 1.77. The quantitative estimate of drug-likeness (QED) is 0.902. The molecule has 1 amide bonds. The molecule has 0 aliphatic rings. The fourth-order valence-corrected chi connectivity index (χ4v) is 1.77. The molecule has 0 aromatic heterocycles. The Hall–Kier alpha value is -2.43. The van der Waals surface area contributed by atoms with Crippen LogP contribution in [-0.4, -0.2) is 11.0 Å². The minimum Gasteiger partial charge on any atom is -0.507 e. The molecule has 0 fully saturated rings. The molecule has 2 rings (SSSR count). The van der Waals surface area contributed by atoms with Crippen LogP contribution in [-0.2, 0) is 6.42 Å². The van der Waals surface area contributed by atoms with Gasteiger partial charge in [-0.1, -0.05) is 13.0 Å². The Balaban J connectivity index is 2.28. The summed E-state index contributed by atoms with van der Waals surface area (Å²) in [5.41, 5.74) is 0.776. The minimum atomic E-state index is -0.871. The van der Waals surface area contributed by atoms with E-state index in [0.717, 1.165) is 17.7 Å². The molecule has 0 radical (unpaired) electrons. The third kappa shape index (κ3) is 2.93. The number of carbonyl (C=O) groups is 1. The van der Waals surface area contributed by atoms with Crippen molar-refractivity contribution in [1.82, 2.24) is 0 Å². The van der Waals surface area contributed by atoms with E-state index in [1.165, 1.54) is 12.1 Å². The first kappa shape index (κ1) is 14.0. The van der Waals surface area contributed by atoms with Crippen LogP contribution in [0.25, 0.3) is 0 Å². The van der Waals surface area contributed by atoms with Gasteiger partial charge in [0.05, 0.1) is 11.3 Å². The lowest BCUT2D eigenvalue weighted by Gasteiger charge is -2.09. The number of benzene rings is 2. The van der Waals surface area contributed by atoms with Gasteiger partial charge in [-0.2, -0.15) is 0 Å². The van der Waals surface area contributed by atoms with Crippen molar-refractivity contribution in [2.24, 2.45) is 0 Å². The summed E-state index contributed by atoms with van der Waals surface area (Å²) in [6, 6.07) is 7.49. The molecule has 0 heterocycles. The Kier molecular flexibility index (Phi) is 3.98. The molecule has 0 saturated carbocycles. The standard InChI is InChI=1S/C15H13F2NO2/c1-2-9-3-6-14(19)11(7-9)15(20)18-13-5-4-10(16)8-12(13)17/h3-8,19H,2H2,1H3,(H,18,20). The summed E-state index contributed by atoms with van der Waals surface area (Å²) in [6.45, 7) is 1.91. The Bertz CT molecular complexity index is 656. The lowest BCUT2D eigenvalue weighted by Crippen LogP contribution is -2.13. The highest BCUT2D eigenvalue weighted by Gasteiger charge is 2.14. The molecule has 2 N–H and O–H groups in total. The number of hydrogen-bond acceptors (Lipinski definition) is 2. The van der Waals surface area contributed by atoms with Crippen molar-refractivity contribution in [3.05, 3.63) is 59.2 Å². The van der Waals surface area contributed by atoms with E-state index in [1.54, 1.807) is 6.07 Å². The van der Waals surface area contributed by atoms with Crippen molar-refractivity contribution in [2.45, 2.75) is 13.3 Å². The van der Waals surface area contributed by atoms with Gasteiger partial charge >= 0.3 is 0 Å². The van der Waals surface area contributed by atoms with Gasteiger partial charge in [-0.15, -0.1) is 0 Å². The van der Waals surface area contributed by atoms with Gasteiger partial charge in [0.2, 0.25) is 0 Å². The number of phenols is 1. The third-order valence-electron chi connectivity index (χ3n) is 2.89. The molecule has 0 bridgehead atoms. The van der Waals surface area contributed by atoms with Gasteiger partial charge < -0.3 is 10.4 Å². The number of nitrogens with one attached hydrogen (secondary N) is 1. The molecule has 0 spiro atoms. The molecule has 0 aliphatic carbocycles. The molecule has 0 atom stereocenters. The molecular formula is C15H13F2NO2. The number of aromatic hydroxyl groups is 1. The van der Waals surface area contributed by atoms with E-state index < -0.39 is 17.5 Å². The van der Waals surface area contributed by atoms with E-state index in [1.807, 2.05) is 6.92 Å². The normalized spacial score (nSPS) is 10.3. The molecule has 0 saturated heterocycles. The van der Waals surface area contributed by atoms with Crippen LogP contribution in [0, 0.1) is 11.6 Å². The van der Waals surface area contributed by atoms with Crippen LogP contribution in [0.4, 0.5) is 14.5 Å². The van der Waals surface area contributed by atoms with Crippen molar-refractivity contribution in [3.8, 4) is 5.75 Å². The number of hydrogen-bond donors (Lipinski definition) is 2. The van der Waals surface area contributed by atoms with Gasteiger partial charge in [-0.05, 0) is 36.2 Å². The van der Waals surface area contributed by atoms with E-state index in [2.05, 4.69) is 5.32 Å². The summed E-state index contributed by atoms with van der Waals surface area (Å²) >= 11 is 0. The van der Waals surface area contributed by atoms with Crippen LogP contribution in [0.5, 0.6) is 5.75 Å². The highest BCUT2D eigenvalue weighted by atomic mass is 19.1. The lowest BCUT2D eigenvalue weighted by molar-refractivity contribution is 0.102. The topological polar surface area (TPSA) is 49.3 Å². The number of amides is 1. The van der Waals surface area contributed by atoms with E-state index >= 15 is 0 Å². The molecule has 2 aromatic carbocycles. The molecule has 5 heteroatoms. The fraction of sp³-hybridized carbons (Fsp3) is 0.133. The number of rotatable bonds is 3. The molecule has 0 unspecified atom stereocenters. The van der Waals surface area contributed by atoms with Gasteiger partial charge in [-0.3, -0.25) is 4.79 Å². The van der Waals surface area contributed by atoms with E-state index in [-0.39, 0.29) is 17.0 Å². The average Bonchev–Trinajstić information content (AvgIpc) is 2.42. The maximum Gasteiger partial charge on any atom is 0.259 e. The smallest absolute Gasteiger partial charge is 0.259 e. The maximum absolute atomic E-state index is 13.5. The number of aryl methyl sites for hydroxylation is 1. The van der Waals surface area contributed by atoms with E-state index in [4.69, 9.17) is 0 Å². The van der Waals surface area contributed by atoms with Crippen LogP contribution < -0.4 is 5.32 Å². The average molecular weight is 277 g/mol. The van der Waals surface area contributed by atoms with Crippen molar-refractivity contribution in [2.75, 3.05) is 5.32 Å². The lowest BCUT2D eigenvalue weighted by atomic mass is 10.1. The van der Waals surface area contributed by atoms with Crippen LogP contribution in [0.2, 0.25) is 0 Å². The molecule has 3 nitrogen and oxygen atoms in total. The summed E-state index contributed by atoms with van der Waals surface area (Å²) in [5.74, 6) is -2.44. The second-order valence-electron chi connectivity index (χ2n) is 4.28. The van der Waals surface area contributed by atoms with Gasteiger partial charge in [0.25, 0.3) is 5.91 Å². The first-order chi connectivity index (χ1) is 9.51. The second-order valence-corrected chi connectivity index (χ2v) is 4.28. The predicted molar refractivity (Wildman–Crippen MR) is 71.8 cm³/mol. The van der Waals surface area contributed by atoms with Gasteiger partial charge in [-0.25, -0.2) is 8.78 Å². The first-order valence-electron chi connectivity index (χ1n) is 6.09. The number of phenolic OH excluding ortho intramolecular Hbond substituents is 1. The zero-order valence-corrected chi connectivity index (χ0v) is 10.8. The minimum absolute atomic E-state index is 0.0491. The predicted octanol–water partition coefficient (Wildman–Crippen LogP) is 3.49. The molecule has 2 aromatic rings. The van der Waals surface area contributed by atoms with Gasteiger partial charge in [0.15, 0.2) is 0 Å². The Labute approximate surface area is 114 Å². The summed E-state index contributed by atoms with van der Waals surface area (Å²) in [5, 5.41) is 12.0. The van der Waals surface area contributed by atoms with Crippen molar-refractivity contribution in [3.63, 3.8) is 0 Å². The second kappa shape index (κ2) is 5.69. The van der Waals surface area contributed by atoms with Crippen LogP contribution in [0.1, 0.15) is 22.8 Å². The summed E-state index contributed by atoms with van der Waals surface area (Å²) in [4.78, 5) is 12.0. The summed E-state index contributed by atoms with van der Waals surface area (Å²) in [6.07, 6.45) is 0.700.